The molecule has 0 spiro atoms. The summed E-state index contributed by atoms with van der Waals surface area (Å²) in [4.78, 5) is 11.8. The number of ether oxygens (including phenoxy) is 1. The summed E-state index contributed by atoms with van der Waals surface area (Å²) in [6.45, 7) is 6.93. The number of benzene rings is 1. The summed E-state index contributed by atoms with van der Waals surface area (Å²) < 4.78 is 5.28. The van der Waals surface area contributed by atoms with E-state index in [0.717, 1.165) is 24.3 Å². The van der Waals surface area contributed by atoms with Gasteiger partial charge in [-0.1, -0.05) is 51.3 Å². The standard InChI is InChI=1S/C16H24O2/c1-13(2)9-5-4-8-12-18-16(17)15-11-7-6-10-14(15)3/h6-7,10-11,13H,4-5,8-9,12H2,1-3H3. The third-order valence-corrected chi connectivity index (χ3v) is 3.02. The van der Waals surface area contributed by atoms with E-state index in [-0.39, 0.29) is 5.97 Å². The molecule has 0 saturated carbocycles. The Kier molecular flexibility index (Phi) is 6.48. The van der Waals surface area contributed by atoms with Gasteiger partial charge in [0.05, 0.1) is 12.2 Å². The van der Waals surface area contributed by atoms with Gasteiger partial charge in [0, 0.05) is 0 Å². The van der Waals surface area contributed by atoms with Crippen molar-refractivity contribution in [2.45, 2.75) is 46.5 Å². The van der Waals surface area contributed by atoms with Gasteiger partial charge >= 0.3 is 5.97 Å². The number of esters is 1. The molecule has 0 aromatic heterocycles. The van der Waals surface area contributed by atoms with Gasteiger partial charge in [-0.15, -0.1) is 0 Å². The van der Waals surface area contributed by atoms with Crippen LogP contribution in [0.1, 0.15) is 55.5 Å². The van der Waals surface area contributed by atoms with Crippen molar-refractivity contribution in [3.05, 3.63) is 35.4 Å². The molecule has 0 bridgehead atoms. The van der Waals surface area contributed by atoms with Crippen LogP contribution >= 0.6 is 0 Å². The Hall–Kier alpha value is -1.31. The molecular weight excluding hydrogens is 224 g/mol. The number of unbranched alkanes of at least 4 members (excludes halogenated alkanes) is 2. The van der Waals surface area contributed by atoms with E-state index in [1.165, 1.54) is 12.8 Å². The molecule has 100 valence electrons. The summed E-state index contributed by atoms with van der Waals surface area (Å²) in [5.74, 6) is 0.566. The third-order valence-electron chi connectivity index (χ3n) is 3.02. The lowest BCUT2D eigenvalue weighted by atomic mass is 10.1. The maximum atomic E-state index is 11.8. The van der Waals surface area contributed by atoms with Crippen LogP contribution in [0, 0.1) is 12.8 Å². The molecule has 0 heterocycles. The van der Waals surface area contributed by atoms with Crippen LogP contribution in [0.5, 0.6) is 0 Å². The molecule has 0 aliphatic carbocycles. The molecule has 2 heteroatoms. The highest BCUT2D eigenvalue weighted by Crippen LogP contribution is 2.10. The molecule has 0 aliphatic heterocycles. The fourth-order valence-electron chi connectivity index (χ4n) is 1.88. The largest absolute Gasteiger partial charge is 0.462 e. The minimum atomic E-state index is -0.197. The fourth-order valence-corrected chi connectivity index (χ4v) is 1.88. The number of carbonyl (C=O) groups is 1. The summed E-state index contributed by atoms with van der Waals surface area (Å²) in [5.41, 5.74) is 1.65. The number of rotatable bonds is 7. The maximum Gasteiger partial charge on any atom is 0.338 e. The Bertz CT molecular complexity index is 369. The van der Waals surface area contributed by atoms with Crippen molar-refractivity contribution in [1.29, 1.82) is 0 Å². The van der Waals surface area contributed by atoms with E-state index in [4.69, 9.17) is 4.74 Å². The van der Waals surface area contributed by atoms with Gasteiger partial charge in [0.1, 0.15) is 0 Å². The molecule has 0 aliphatic rings. The first-order valence-electron chi connectivity index (χ1n) is 6.84. The molecule has 1 aromatic carbocycles. The van der Waals surface area contributed by atoms with Crippen LogP contribution in [-0.2, 0) is 4.74 Å². The number of aryl methyl sites for hydroxylation is 1. The fraction of sp³-hybridized carbons (Fsp3) is 0.562. The van der Waals surface area contributed by atoms with Crippen LogP contribution in [0.4, 0.5) is 0 Å². The third kappa shape index (κ3) is 5.35. The number of hydrogen-bond acceptors (Lipinski definition) is 2. The number of carbonyl (C=O) groups excluding carboxylic acids is 1. The minimum absolute atomic E-state index is 0.197. The first-order valence-corrected chi connectivity index (χ1v) is 6.84. The first-order chi connectivity index (χ1) is 8.61. The van der Waals surface area contributed by atoms with Crippen molar-refractivity contribution in [3.8, 4) is 0 Å². The molecule has 1 rings (SSSR count). The second-order valence-electron chi connectivity index (χ2n) is 5.19. The maximum absolute atomic E-state index is 11.8. The highest BCUT2D eigenvalue weighted by Gasteiger charge is 2.08. The summed E-state index contributed by atoms with van der Waals surface area (Å²) in [7, 11) is 0. The van der Waals surface area contributed by atoms with Crippen molar-refractivity contribution < 1.29 is 9.53 Å². The van der Waals surface area contributed by atoms with Crippen molar-refractivity contribution in [3.63, 3.8) is 0 Å². The summed E-state index contributed by atoms with van der Waals surface area (Å²) in [6.07, 6.45) is 4.58. The van der Waals surface area contributed by atoms with Gasteiger partial charge in [0.25, 0.3) is 0 Å². The normalized spacial score (nSPS) is 10.7. The highest BCUT2D eigenvalue weighted by atomic mass is 16.5. The van der Waals surface area contributed by atoms with E-state index < -0.39 is 0 Å². The quantitative estimate of drug-likeness (QED) is 0.529. The van der Waals surface area contributed by atoms with E-state index in [2.05, 4.69) is 13.8 Å². The van der Waals surface area contributed by atoms with Gasteiger partial charge in [-0.05, 0) is 30.9 Å². The predicted octanol–water partition coefficient (Wildman–Crippen LogP) is 4.37. The Labute approximate surface area is 110 Å². The summed E-state index contributed by atoms with van der Waals surface area (Å²) in [5, 5.41) is 0. The van der Waals surface area contributed by atoms with Crippen LogP contribution in [0.2, 0.25) is 0 Å². The van der Waals surface area contributed by atoms with E-state index in [0.29, 0.717) is 12.2 Å². The van der Waals surface area contributed by atoms with Gasteiger partial charge in [0.2, 0.25) is 0 Å². The van der Waals surface area contributed by atoms with Crippen LogP contribution < -0.4 is 0 Å². The minimum Gasteiger partial charge on any atom is -0.462 e. The second-order valence-corrected chi connectivity index (χ2v) is 5.19. The second kappa shape index (κ2) is 7.91. The van der Waals surface area contributed by atoms with Crippen molar-refractivity contribution in [2.24, 2.45) is 5.92 Å². The zero-order chi connectivity index (χ0) is 13.4. The highest BCUT2D eigenvalue weighted by molar-refractivity contribution is 5.90. The van der Waals surface area contributed by atoms with Gasteiger partial charge in [-0.2, -0.15) is 0 Å². The Morgan fingerprint density at radius 3 is 2.56 bits per heavy atom. The molecule has 2 nitrogen and oxygen atoms in total. The van der Waals surface area contributed by atoms with Gasteiger partial charge < -0.3 is 4.74 Å². The smallest absolute Gasteiger partial charge is 0.338 e. The number of hydrogen-bond donors (Lipinski definition) is 0. The average molecular weight is 248 g/mol. The molecule has 0 fully saturated rings. The predicted molar refractivity (Wildman–Crippen MR) is 74.8 cm³/mol. The first kappa shape index (κ1) is 14.7. The Morgan fingerprint density at radius 2 is 1.89 bits per heavy atom. The van der Waals surface area contributed by atoms with Gasteiger partial charge in [0.15, 0.2) is 0 Å². The molecule has 0 N–H and O–H groups in total. The van der Waals surface area contributed by atoms with E-state index >= 15 is 0 Å². The Balaban J connectivity index is 2.20. The van der Waals surface area contributed by atoms with E-state index in [1.807, 2.05) is 31.2 Å². The zero-order valence-electron chi connectivity index (χ0n) is 11.7. The van der Waals surface area contributed by atoms with E-state index in [9.17, 15) is 4.79 Å². The molecule has 0 atom stereocenters. The lowest BCUT2D eigenvalue weighted by molar-refractivity contribution is 0.0496. The topological polar surface area (TPSA) is 26.3 Å². The summed E-state index contributed by atoms with van der Waals surface area (Å²) in [6, 6.07) is 7.54. The SMILES string of the molecule is Cc1ccccc1C(=O)OCCCCCC(C)C. The zero-order valence-corrected chi connectivity index (χ0v) is 11.7. The van der Waals surface area contributed by atoms with Crippen LogP contribution in [-0.4, -0.2) is 12.6 Å². The lowest BCUT2D eigenvalue weighted by Gasteiger charge is -2.07. The van der Waals surface area contributed by atoms with E-state index in [1.54, 1.807) is 0 Å². The van der Waals surface area contributed by atoms with Crippen molar-refractivity contribution in [2.75, 3.05) is 6.61 Å². The molecule has 18 heavy (non-hydrogen) atoms. The molecule has 0 radical (unpaired) electrons. The molecular formula is C16H24O2. The monoisotopic (exact) mass is 248 g/mol. The lowest BCUT2D eigenvalue weighted by Crippen LogP contribution is -2.08. The van der Waals surface area contributed by atoms with Crippen molar-refractivity contribution in [1.82, 2.24) is 0 Å². The molecule has 0 unspecified atom stereocenters. The summed E-state index contributed by atoms with van der Waals surface area (Å²) >= 11 is 0. The van der Waals surface area contributed by atoms with Gasteiger partial charge in [-0.3, -0.25) is 0 Å². The van der Waals surface area contributed by atoms with Crippen LogP contribution in [0.3, 0.4) is 0 Å². The van der Waals surface area contributed by atoms with Crippen LogP contribution in [0.25, 0.3) is 0 Å². The molecule has 0 saturated heterocycles. The Morgan fingerprint density at radius 1 is 1.17 bits per heavy atom. The van der Waals surface area contributed by atoms with Crippen molar-refractivity contribution >= 4 is 5.97 Å². The molecule has 0 amide bonds. The average Bonchev–Trinajstić information content (AvgIpc) is 2.33. The molecule has 1 aromatic rings. The van der Waals surface area contributed by atoms with Gasteiger partial charge in [-0.25, -0.2) is 4.79 Å². The van der Waals surface area contributed by atoms with Crippen LogP contribution in [0.15, 0.2) is 24.3 Å².